The van der Waals surface area contributed by atoms with E-state index in [1.165, 1.54) is 10.7 Å². The highest BCUT2D eigenvalue weighted by Crippen LogP contribution is 2.24. The van der Waals surface area contributed by atoms with Crippen LogP contribution < -0.4 is 4.74 Å². The Balaban J connectivity index is 2.86. The number of hydrogen-bond acceptors (Lipinski definition) is 2. The standard InChI is InChI=1S/C8H11F3N2O/c1-5(2)6-4-7(12-13(6)3)14-8(9,10)11/h4-5H,1-3H3. The molecule has 0 aliphatic heterocycles. The van der Waals surface area contributed by atoms with Crippen LogP contribution in [0.5, 0.6) is 5.88 Å². The van der Waals surface area contributed by atoms with Crippen molar-refractivity contribution in [2.24, 2.45) is 7.05 Å². The molecule has 1 aromatic heterocycles. The summed E-state index contributed by atoms with van der Waals surface area (Å²) in [6.07, 6.45) is -4.68. The lowest BCUT2D eigenvalue weighted by Gasteiger charge is -2.03. The summed E-state index contributed by atoms with van der Waals surface area (Å²) >= 11 is 0. The summed E-state index contributed by atoms with van der Waals surface area (Å²) in [5.41, 5.74) is 0.698. The second-order valence-corrected chi connectivity index (χ2v) is 3.23. The van der Waals surface area contributed by atoms with Crippen molar-refractivity contribution in [1.29, 1.82) is 0 Å². The third kappa shape index (κ3) is 2.65. The number of aromatic nitrogens is 2. The fourth-order valence-electron chi connectivity index (χ4n) is 1.16. The molecule has 0 aromatic carbocycles. The quantitative estimate of drug-likeness (QED) is 0.746. The fraction of sp³-hybridized carbons (Fsp3) is 0.625. The van der Waals surface area contributed by atoms with Gasteiger partial charge in [-0.15, -0.1) is 18.3 Å². The molecule has 0 atom stereocenters. The van der Waals surface area contributed by atoms with Crippen LogP contribution in [0.3, 0.4) is 0 Å². The van der Waals surface area contributed by atoms with Crippen molar-refractivity contribution in [2.75, 3.05) is 0 Å². The highest BCUT2D eigenvalue weighted by atomic mass is 19.4. The van der Waals surface area contributed by atoms with Gasteiger partial charge in [-0.25, -0.2) is 0 Å². The molecule has 1 heterocycles. The smallest absolute Gasteiger partial charge is 0.386 e. The van der Waals surface area contributed by atoms with Crippen LogP contribution in [0.4, 0.5) is 13.2 Å². The molecular weight excluding hydrogens is 197 g/mol. The molecule has 0 saturated heterocycles. The minimum atomic E-state index is -4.68. The van der Waals surface area contributed by atoms with Crippen LogP contribution in [0, 0.1) is 0 Å². The van der Waals surface area contributed by atoms with Gasteiger partial charge >= 0.3 is 6.36 Å². The second-order valence-electron chi connectivity index (χ2n) is 3.23. The van der Waals surface area contributed by atoms with E-state index in [1.807, 2.05) is 13.8 Å². The molecular formula is C8H11F3N2O. The van der Waals surface area contributed by atoms with E-state index in [9.17, 15) is 13.2 Å². The van der Waals surface area contributed by atoms with E-state index in [0.717, 1.165) is 0 Å². The predicted molar refractivity (Wildman–Crippen MR) is 44.0 cm³/mol. The molecule has 14 heavy (non-hydrogen) atoms. The van der Waals surface area contributed by atoms with Crippen molar-refractivity contribution in [3.63, 3.8) is 0 Å². The molecule has 1 aromatic rings. The average Bonchev–Trinajstić information content (AvgIpc) is 2.26. The molecule has 80 valence electrons. The monoisotopic (exact) mass is 208 g/mol. The number of hydrogen-bond donors (Lipinski definition) is 0. The van der Waals surface area contributed by atoms with Crippen LogP contribution >= 0.6 is 0 Å². The number of rotatable bonds is 2. The van der Waals surface area contributed by atoms with Crippen LogP contribution in [0.2, 0.25) is 0 Å². The number of ether oxygens (including phenoxy) is 1. The highest BCUT2D eigenvalue weighted by Gasteiger charge is 2.32. The SMILES string of the molecule is CC(C)c1cc(OC(F)(F)F)nn1C. The molecule has 0 aliphatic carbocycles. The Morgan fingerprint density at radius 1 is 1.43 bits per heavy atom. The molecule has 0 spiro atoms. The van der Waals surface area contributed by atoms with Crippen LogP contribution in [0.1, 0.15) is 25.5 Å². The first kappa shape index (κ1) is 10.9. The Morgan fingerprint density at radius 3 is 2.36 bits per heavy atom. The first-order valence-electron chi connectivity index (χ1n) is 4.09. The van der Waals surface area contributed by atoms with Gasteiger partial charge in [0, 0.05) is 18.8 Å². The summed E-state index contributed by atoms with van der Waals surface area (Å²) < 4.78 is 40.5. The molecule has 3 nitrogen and oxygen atoms in total. The van der Waals surface area contributed by atoms with Crippen LogP contribution in [0.15, 0.2) is 6.07 Å². The maximum atomic E-state index is 11.8. The summed E-state index contributed by atoms with van der Waals surface area (Å²) in [6.45, 7) is 3.74. The minimum absolute atomic E-state index is 0.109. The van der Waals surface area contributed by atoms with Crippen LogP contribution in [-0.4, -0.2) is 16.1 Å². The van der Waals surface area contributed by atoms with Crippen LogP contribution in [0.25, 0.3) is 0 Å². The van der Waals surface area contributed by atoms with Gasteiger partial charge in [0.15, 0.2) is 0 Å². The molecule has 0 bridgehead atoms. The summed E-state index contributed by atoms with van der Waals surface area (Å²) in [4.78, 5) is 0. The van der Waals surface area contributed by atoms with E-state index in [1.54, 1.807) is 7.05 Å². The minimum Gasteiger partial charge on any atom is -0.386 e. The maximum Gasteiger partial charge on any atom is 0.574 e. The lowest BCUT2D eigenvalue weighted by molar-refractivity contribution is -0.276. The molecule has 6 heteroatoms. The van der Waals surface area contributed by atoms with E-state index in [-0.39, 0.29) is 5.92 Å². The van der Waals surface area contributed by atoms with Gasteiger partial charge in [-0.2, -0.15) is 0 Å². The van der Waals surface area contributed by atoms with Crippen LogP contribution in [-0.2, 0) is 7.05 Å². The van der Waals surface area contributed by atoms with E-state index in [4.69, 9.17) is 0 Å². The van der Waals surface area contributed by atoms with Gasteiger partial charge in [0.1, 0.15) is 0 Å². The molecule has 0 fully saturated rings. The first-order chi connectivity index (χ1) is 6.29. The topological polar surface area (TPSA) is 27.1 Å². The highest BCUT2D eigenvalue weighted by molar-refractivity contribution is 5.18. The van der Waals surface area contributed by atoms with Crippen molar-refractivity contribution < 1.29 is 17.9 Å². The van der Waals surface area contributed by atoms with Gasteiger partial charge in [0.2, 0.25) is 5.88 Å². The fourth-order valence-corrected chi connectivity index (χ4v) is 1.16. The molecule has 0 aliphatic rings. The lowest BCUT2D eigenvalue weighted by atomic mass is 10.1. The third-order valence-corrected chi connectivity index (χ3v) is 1.71. The predicted octanol–water partition coefficient (Wildman–Crippen LogP) is 2.44. The Kier molecular flexibility index (Phi) is 2.73. The Bertz CT molecular complexity index is 317. The largest absolute Gasteiger partial charge is 0.574 e. The molecule has 0 amide bonds. The second kappa shape index (κ2) is 3.51. The van der Waals surface area contributed by atoms with Gasteiger partial charge in [-0.3, -0.25) is 4.68 Å². The van der Waals surface area contributed by atoms with Crippen molar-refractivity contribution in [2.45, 2.75) is 26.1 Å². The normalized spacial score (nSPS) is 12.2. The number of aryl methyl sites for hydroxylation is 1. The third-order valence-electron chi connectivity index (χ3n) is 1.71. The Morgan fingerprint density at radius 2 is 2.00 bits per heavy atom. The first-order valence-corrected chi connectivity index (χ1v) is 4.09. The van der Waals surface area contributed by atoms with Crippen molar-refractivity contribution in [3.8, 4) is 5.88 Å². The van der Waals surface area contributed by atoms with E-state index in [2.05, 4.69) is 9.84 Å². The number of halogens is 3. The Hall–Kier alpha value is -1.20. The van der Waals surface area contributed by atoms with Crippen molar-refractivity contribution >= 4 is 0 Å². The Labute approximate surface area is 79.5 Å². The summed E-state index contributed by atoms with van der Waals surface area (Å²) in [7, 11) is 1.58. The van der Waals surface area contributed by atoms with E-state index in [0.29, 0.717) is 5.69 Å². The molecule has 0 radical (unpaired) electrons. The zero-order valence-corrected chi connectivity index (χ0v) is 8.09. The zero-order valence-electron chi connectivity index (χ0n) is 8.09. The summed E-state index contributed by atoms with van der Waals surface area (Å²) in [5, 5.41) is 3.59. The van der Waals surface area contributed by atoms with E-state index < -0.39 is 12.2 Å². The molecule has 0 N–H and O–H groups in total. The van der Waals surface area contributed by atoms with Gasteiger partial charge in [-0.1, -0.05) is 13.8 Å². The molecule has 0 unspecified atom stereocenters. The number of nitrogens with zero attached hydrogens (tertiary/aromatic N) is 2. The summed E-state index contributed by atoms with van der Waals surface area (Å²) in [5.74, 6) is -0.304. The van der Waals surface area contributed by atoms with Crippen molar-refractivity contribution in [1.82, 2.24) is 9.78 Å². The molecule has 0 saturated carbocycles. The maximum absolute atomic E-state index is 11.8. The zero-order chi connectivity index (χ0) is 10.9. The van der Waals surface area contributed by atoms with Gasteiger partial charge in [0.25, 0.3) is 0 Å². The van der Waals surface area contributed by atoms with E-state index >= 15 is 0 Å². The number of alkyl halides is 3. The van der Waals surface area contributed by atoms with Gasteiger partial charge in [-0.05, 0) is 5.92 Å². The van der Waals surface area contributed by atoms with Gasteiger partial charge in [0.05, 0.1) is 0 Å². The van der Waals surface area contributed by atoms with Crippen molar-refractivity contribution in [3.05, 3.63) is 11.8 Å². The summed E-state index contributed by atoms with van der Waals surface area (Å²) in [6, 6.07) is 1.29. The average molecular weight is 208 g/mol. The molecule has 1 rings (SSSR count). The lowest BCUT2D eigenvalue weighted by Crippen LogP contribution is -2.17. The van der Waals surface area contributed by atoms with Gasteiger partial charge < -0.3 is 4.74 Å².